The summed E-state index contributed by atoms with van der Waals surface area (Å²) in [4.78, 5) is 12.6. The van der Waals surface area contributed by atoms with Crippen LogP contribution in [0.1, 0.15) is 29.6 Å². The Morgan fingerprint density at radius 2 is 2.24 bits per heavy atom. The maximum atomic E-state index is 12.6. The van der Waals surface area contributed by atoms with Gasteiger partial charge >= 0.3 is 0 Å². The van der Waals surface area contributed by atoms with Gasteiger partial charge in [0.25, 0.3) is 5.91 Å². The molecule has 1 N–H and O–H groups in total. The molecule has 25 heavy (non-hydrogen) atoms. The molecule has 1 amide bonds. The Kier molecular flexibility index (Phi) is 5.55. The van der Waals surface area contributed by atoms with Crippen molar-refractivity contribution in [3.8, 4) is 11.5 Å². The fraction of sp³-hybridized carbons (Fsp3) is 0.444. The minimum absolute atomic E-state index is 0.190. The van der Waals surface area contributed by atoms with Crippen LogP contribution in [0.2, 0.25) is 0 Å². The number of para-hydroxylation sites is 1. The topological polar surface area (TPSA) is 74.6 Å². The highest BCUT2D eigenvalue weighted by Gasteiger charge is 2.18. The Labute approximate surface area is 146 Å². The molecule has 0 saturated carbocycles. The first-order valence-electron chi connectivity index (χ1n) is 8.37. The van der Waals surface area contributed by atoms with Crippen LogP contribution < -0.4 is 14.8 Å². The third-order valence-corrected chi connectivity index (χ3v) is 4.20. The molecule has 0 bridgehead atoms. The molecule has 2 aromatic rings. The molecule has 1 aromatic carbocycles. The second-order valence-corrected chi connectivity index (χ2v) is 5.93. The number of methoxy groups -OCH3 is 2. The van der Waals surface area contributed by atoms with Crippen LogP contribution in [0.3, 0.4) is 0 Å². The maximum Gasteiger partial charge on any atom is 0.259 e. The Morgan fingerprint density at radius 3 is 2.96 bits per heavy atom. The van der Waals surface area contributed by atoms with E-state index in [9.17, 15) is 4.79 Å². The smallest absolute Gasteiger partial charge is 0.259 e. The van der Waals surface area contributed by atoms with E-state index in [0.29, 0.717) is 29.3 Å². The van der Waals surface area contributed by atoms with Crippen LogP contribution in [0.4, 0.5) is 5.69 Å². The van der Waals surface area contributed by atoms with E-state index in [1.54, 1.807) is 29.1 Å². The standard InChI is InChI=1S/C18H23N3O4/c1-23-16-8-5-7-15(17(16)24-2)18(22)20-13-10-19-21(11-13)12-14-6-3-4-9-25-14/h5,7-8,10-11,14H,3-4,6,9,12H2,1-2H3,(H,20,22)/t14-/m0/s1. The van der Waals surface area contributed by atoms with Gasteiger partial charge in [0.15, 0.2) is 11.5 Å². The van der Waals surface area contributed by atoms with Crippen molar-refractivity contribution in [2.75, 3.05) is 26.1 Å². The second kappa shape index (κ2) is 8.02. The number of hydrogen-bond acceptors (Lipinski definition) is 5. The monoisotopic (exact) mass is 345 g/mol. The van der Waals surface area contributed by atoms with Gasteiger partial charge in [-0.15, -0.1) is 0 Å². The molecule has 0 radical (unpaired) electrons. The van der Waals surface area contributed by atoms with Crippen LogP contribution in [0, 0.1) is 0 Å². The third-order valence-electron chi connectivity index (χ3n) is 4.20. The fourth-order valence-corrected chi connectivity index (χ4v) is 2.95. The number of ether oxygens (including phenoxy) is 3. The number of aromatic nitrogens is 2. The summed E-state index contributed by atoms with van der Waals surface area (Å²) in [5, 5.41) is 7.14. The average Bonchev–Trinajstić information content (AvgIpc) is 3.08. The number of amides is 1. The first-order valence-corrected chi connectivity index (χ1v) is 8.37. The van der Waals surface area contributed by atoms with Crippen LogP contribution in [-0.2, 0) is 11.3 Å². The third kappa shape index (κ3) is 4.11. The normalized spacial score (nSPS) is 17.1. The van der Waals surface area contributed by atoms with Crippen molar-refractivity contribution < 1.29 is 19.0 Å². The average molecular weight is 345 g/mol. The van der Waals surface area contributed by atoms with Crippen molar-refractivity contribution in [3.63, 3.8) is 0 Å². The van der Waals surface area contributed by atoms with Gasteiger partial charge in [-0.25, -0.2) is 0 Å². The predicted octanol–water partition coefficient (Wildman–Crippen LogP) is 2.72. The summed E-state index contributed by atoms with van der Waals surface area (Å²) in [6, 6.07) is 5.19. The molecule has 1 saturated heterocycles. The fourth-order valence-electron chi connectivity index (χ4n) is 2.95. The van der Waals surface area contributed by atoms with Gasteiger partial charge in [-0.3, -0.25) is 9.48 Å². The molecular weight excluding hydrogens is 322 g/mol. The van der Waals surface area contributed by atoms with E-state index in [1.165, 1.54) is 20.6 Å². The number of rotatable bonds is 6. The predicted molar refractivity (Wildman–Crippen MR) is 93.3 cm³/mol. The molecule has 1 atom stereocenters. The van der Waals surface area contributed by atoms with E-state index >= 15 is 0 Å². The van der Waals surface area contributed by atoms with E-state index in [0.717, 1.165) is 19.4 Å². The molecule has 134 valence electrons. The maximum absolute atomic E-state index is 12.6. The molecule has 0 unspecified atom stereocenters. The van der Waals surface area contributed by atoms with Crippen LogP contribution in [0.25, 0.3) is 0 Å². The number of nitrogens with one attached hydrogen (secondary N) is 1. The zero-order valence-corrected chi connectivity index (χ0v) is 14.5. The molecule has 3 rings (SSSR count). The first kappa shape index (κ1) is 17.3. The van der Waals surface area contributed by atoms with Gasteiger partial charge in [0, 0.05) is 12.8 Å². The van der Waals surface area contributed by atoms with Crippen molar-refractivity contribution in [3.05, 3.63) is 36.2 Å². The molecule has 1 fully saturated rings. The molecule has 1 aromatic heterocycles. The molecule has 0 spiro atoms. The number of carbonyl (C=O) groups excluding carboxylic acids is 1. The van der Waals surface area contributed by atoms with E-state index in [1.807, 2.05) is 6.20 Å². The highest BCUT2D eigenvalue weighted by Crippen LogP contribution is 2.31. The summed E-state index contributed by atoms with van der Waals surface area (Å²) in [6.45, 7) is 1.50. The van der Waals surface area contributed by atoms with Crippen molar-refractivity contribution in [2.24, 2.45) is 0 Å². The number of nitrogens with zero attached hydrogens (tertiary/aromatic N) is 2. The zero-order valence-electron chi connectivity index (χ0n) is 14.5. The van der Waals surface area contributed by atoms with Crippen LogP contribution in [-0.4, -0.2) is 42.6 Å². The lowest BCUT2D eigenvalue weighted by atomic mass is 10.1. The summed E-state index contributed by atoms with van der Waals surface area (Å²) in [6.07, 6.45) is 6.98. The van der Waals surface area contributed by atoms with E-state index in [2.05, 4.69) is 10.4 Å². The summed E-state index contributed by atoms with van der Waals surface area (Å²) in [5.74, 6) is 0.648. The summed E-state index contributed by atoms with van der Waals surface area (Å²) >= 11 is 0. The van der Waals surface area contributed by atoms with Gasteiger partial charge in [-0.05, 0) is 31.4 Å². The largest absolute Gasteiger partial charge is 0.493 e. The van der Waals surface area contributed by atoms with Gasteiger partial charge in [0.2, 0.25) is 0 Å². The van der Waals surface area contributed by atoms with Gasteiger partial charge in [0.05, 0.1) is 44.3 Å². The number of hydrogen-bond donors (Lipinski definition) is 1. The van der Waals surface area contributed by atoms with Crippen molar-refractivity contribution in [2.45, 2.75) is 31.9 Å². The zero-order chi connectivity index (χ0) is 17.6. The lowest BCUT2D eigenvalue weighted by Gasteiger charge is -2.22. The molecule has 1 aliphatic heterocycles. The number of carbonyl (C=O) groups is 1. The summed E-state index contributed by atoms with van der Waals surface area (Å²) < 4.78 is 18.1. The minimum atomic E-state index is -0.274. The van der Waals surface area contributed by atoms with E-state index < -0.39 is 0 Å². The van der Waals surface area contributed by atoms with Crippen molar-refractivity contribution in [1.82, 2.24) is 9.78 Å². The van der Waals surface area contributed by atoms with E-state index in [4.69, 9.17) is 14.2 Å². The summed E-state index contributed by atoms with van der Waals surface area (Å²) in [5.41, 5.74) is 1.04. The SMILES string of the molecule is COc1cccc(C(=O)Nc2cnn(C[C@@H]3CCCCO3)c2)c1OC. The van der Waals surface area contributed by atoms with Gasteiger partial charge in [-0.1, -0.05) is 6.07 Å². The van der Waals surface area contributed by atoms with Crippen LogP contribution in [0.15, 0.2) is 30.6 Å². The Bertz CT molecular complexity index is 723. The summed E-state index contributed by atoms with van der Waals surface area (Å²) in [7, 11) is 3.05. The van der Waals surface area contributed by atoms with Crippen molar-refractivity contribution in [1.29, 1.82) is 0 Å². The lowest BCUT2D eigenvalue weighted by Crippen LogP contribution is -2.24. The highest BCUT2D eigenvalue weighted by molar-refractivity contribution is 6.06. The molecule has 1 aliphatic rings. The second-order valence-electron chi connectivity index (χ2n) is 5.93. The van der Waals surface area contributed by atoms with Crippen LogP contribution in [0.5, 0.6) is 11.5 Å². The minimum Gasteiger partial charge on any atom is -0.493 e. The number of benzene rings is 1. The van der Waals surface area contributed by atoms with Gasteiger partial charge in [0.1, 0.15) is 0 Å². The molecule has 0 aliphatic carbocycles. The molecule has 7 heteroatoms. The Balaban J connectivity index is 1.67. The lowest BCUT2D eigenvalue weighted by molar-refractivity contribution is 0.00401. The highest BCUT2D eigenvalue weighted by atomic mass is 16.5. The van der Waals surface area contributed by atoms with E-state index in [-0.39, 0.29) is 12.0 Å². The van der Waals surface area contributed by atoms with Crippen LogP contribution >= 0.6 is 0 Å². The van der Waals surface area contributed by atoms with Crippen molar-refractivity contribution >= 4 is 11.6 Å². The van der Waals surface area contributed by atoms with Gasteiger partial charge in [-0.2, -0.15) is 5.10 Å². The Morgan fingerprint density at radius 1 is 1.36 bits per heavy atom. The molecular formula is C18H23N3O4. The number of anilines is 1. The van der Waals surface area contributed by atoms with Gasteiger partial charge < -0.3 is 19.5 Å². The quantitative estimate of drug-likeness (QED) is 0.871. The Hall–Kier alpha value is -2.54. The molecule has 2 heterocycles. The first-order chi connectivity index (χ1) is 12.2. The molecule has 7 nitrogen and oxygen atoms in total.